The highest BCUT2D eigenvalue weighted by molar-refractivity contribution is 5.75. The lowest BCUT2D eigenvalue weighted by Gasteiger charge is -2.35. The molecule has 1 aromatic rings. The van der Waals surface area contributed by atoms with Gasteiger partial charge in [-0.05, 0) is 38.2 Å². The van der Waals surface area contributed by atoms with Gasteiger partial charge in [0.15, 0.2) is 0 Å². The summed E-state index contributed by atoms with van der Waals surface area (Å²) in [6.45, 7) is 3.29. The molecule has 0 spiro atoms. The van der Waals surface area contributed by atoms with Gasteiger partial charge in [-0.15, -0.1) is 0 Å². The number of nitrogens with zero attached hydrogens (tertiary/aromatic N) is 1. The standard InChI is InChI=1S/C17H24N2O3/c1-17(13-14-7-3-2-4-8-14)10-6-12-19(17)16(22)18-11-5-9-15(20)21/h2-4,7-8H,5-6,9-13H2,1H3,(H,18,22)(H,20,21). The van der Waals surface area contributed by atoms with Crippen molar-refractivity contribution in [3.05, 3.63) is 35.9 Å². The first kappa shape index (κ1) is 16.3. The number of urea groups is 1. The van der Waals surface area contributed by atoms with Crippen molar-refractivity contribution in [2.75, 3.05) is 13.1 Å². The number of carbonyl (C=O) groups excluding carboxylic acids is 1. The number of carboxylic acids is 1. The van der Waals surface area contributed by atoms with Crippen LogP contribution >= 0.6 is 0 Å². The third-order valence-corrected chi connectivity index (χ3v) is 4.27. The molecule has 120 valence electrons. The molecule has 0 aliphatic carbocycles. The van der Waals surface area contributed by atoms with Crippen LogP contribution in [-0.4, -0.2) is 40.6 Å². The van der Waals surface area contributed by atoms with Crippen LogP contribution in [0.4, 0.5) is 4.79 Å². The maximum Gasteiger partial charge on any atom is 0.317 e. The number of rotatable bonds is 6. The lowest BCUT2D eigenvalue weighted by atomic mass is 9.90. The molecule has 0 saturated carbocycles. The Morgan fingerprint density at radius 2 is 2.05 bits per heavy atom. The largest absolute Gasteiger partial charge is 0.481 e. The maximum absolute atomic E-state index is 12.4. The minimum absolute atomic E-state index is 0.0821. The Hall–Kier alpha value is -2.04. The lowest BCUT2D eigenvalue weighted by molar-refractivity contribution is -0.137. The number of benzene rings is 1. The molecule has 1 aliphatic heterocycles. The van der Waals surface area contributed by atoms with Gasteiger partial charge in [0.25, 0.3) is 0 Å². The molecule has 2 amide bonds. The van der Waals surface area contributed by atoms with Crippen LogP contribution in [0.5, 0.6) is 0 Å². The number of carboxylic acid groups (broad SMARTS) is 1. The van der Waals surface area contributed by atoms with Gasteiger partial charge >= 0.3 is 12.0 Å². The molecule has 5 nitrogen and oxygen atoms in total. The van der Waals surface area contributed by atoms with Crippen molar-refractivity contribution < 1.29 is 14.7 Å². The quantitative estimate of drug-likeness (QED) is 0.794. The molecule has 1 atom stereocenters. The van der Waals surface area contributed by atoms with Crippen molar-refractivity contribution in [2.45, 2.75) is 44.6 Å². The molecule has 1 unspecified atom stereocenters. The highest BCUT2D eigenvalue weighted by Crippen LogP contribution is 2.32. The van der Waals surface area contributed by atoms with Crippen LogP contribution in [-0.2, 0) is 11.2 Å². The zero-order chi connectivity index (χ0) is 16.0. The predicted octanol–water partition coefficient (Wildman–Crippen LogP) is 2.66. The number of hydrogen-bond acceptors (Lipinski definition) is 2. The summed E-state index contributed by atoms with van der Waals surface area (Å²) >= 11 is 0. The van der Waals surface area contributed by atoms with Crippen LogP contribution in [0.15, 0.2) is 30.3 Å². The Bertz CT molecular complexity index is 518. The van der Waals surface area contributed by atoms with Crippen LogP contribution in [0.3, 0.4) is 0 Å². The molecule has 2 N–H and O–H groups in total. The summed E-state index contributed by atoms with van der Waals surface area (Å²) in [6.07, 6.45) is 3.39. The van der Waals surface area contributed by atoms with Gasteiger partial charge in [-0.25, -0.2) is 4.79 Å². The van der Waals surface area contributed by atoms with E-state index in [2.05, 4.69) is 24.4 Å². The smallest absolute Gasteiger partial charge is 0.317 e. The van der Waals surface area contributed by atoms with Gasteiger partial charge in [-0.2, -0.15) is 0 Å². The Kier molecular flexibility index (Phi) is 5.41. The van der Waals surface area contributed by atoms with Crippen molar-refractivity contribution in [1.82, 2.24) is 10.2 Å². The molecule has 1 saturated heterocycles. The summed E-state index contributed by atoms with van der Waals surface area (Å²) in [4.78, 5) is 24.8. The fraction of sp³-hybridized carbons (Fsp3) is 0.529. The minimum atomic E-state index is -0.829. The zero-order valence-electron chi connectivity index (χ0n) is 13.0. The first-order chi connectivity index (χ1) is 10.5. The van der Waals surface area contributed by atoms with Crippen molar-refractivity contribution >= 4 is 12.0 Å². The Balaban J connectivity index is 1.91. The van der Waals surface area contributed by atoms with E-state index in [0.29, 0.717) is 13.0 Å². The monoisotopic (exact) mass is 304 g/mol. The minimum Gasteiger partial charge on any atom is -0.481 e. The van der Waals surface area contributed by atoms with E-state index < -0.39 is 5.97 Å². The number of hydrogen-bond donors (Lipinski definition) is 2. The van der Waals surface area contributed by atoms with E-state index in [1.807, 2.05) is 23.1 Å². The SMILES string of the molecule is CC1(Cc2ccccc2)CCCN1C(=O)NCCCC(=O)O. The van der Waals surface area contributed by atoms with Crippen molar-refractivity contribution in [3.8, 4) is 0 Å². The van der Waals surface area contributed by atoms with Crippen LogP contribution < -0.4 is 5.32 Å². The van der Waals surface area contributed by atoms with Gasteiger partial charge in [0.1, 0.15) is 0 Å². The summed E-state index contributed by atoms with van der Waals surface area (Å²) in [7, 11) is 0. The van der Waals surface area contributed by atoms with E-state index >= 15 is 0 Å². The molecule has 5 heteroatoms. The lowest BCUT2D eigenvalue weighted by Crippen LogP contribution is -2.51. The number of carbonyl (C=O) groups is 2. The number of nitrogens with one attached hydrogen (secondary N) is 1. The van der Waals surface area contributed by atoms with E-state index in [4.69, 9.17) is 5.11 Å². The second-order valence-corrected chi connectivity index (χ2v) is 6.14. The van der Waals surface area contributed by atoms with E-state index in [1.165, 1.54) is 5.56 Å². The van der Waals surface area contributed by atoms with Crippen LogP contribution in [0.25, 0.3) is 0 Å². The predicted molar refractivity (Wildman–Crippen MR) is 84.8 cm³/mol. The molecule has 1 aliphatic rings. The fourth-order valence-corrected chi connectivity index (χ4v) is 3.12. The van der Waals surface area contributed by atoms with Crippen molar-refractivity contribution in [1.29, 1.82) is 0 Å². The first-order valence-electron chi connectivity index (χ1n) is 7.82. The van der Waals surface area contributed by atoms with Gasteiger partial charge in [-0.1, -0.05) is 30.3 Å². The average Bonchev–Trinajstić information content (AvgIpc) is 2.85. The second kappa shape index (κ2) is 7.29. The van der Waals surface area contributed by atoms with Crippen molar-refractivity contribution in [2.24, 2.45) is 0 Å². The molecule has 0 aromatic heterocycles. The molecule has 1 aromatic carbocycles. The second-order valence-electron chi connectivity index (χ2n) is 6.14. The van der Waals surface area contributed by atoms with Gasteiger partial charge in [0.05, 0.1) is 0 Å². The van der Waals surface area contributed by atoms with Gasteiger partial charge < -0.3 is 15.3 Å². The third-order valence-electron chi connectivity index (χ3n) is 4.27. The zero-order valence-corrected chi connectivity index (χ0v) is 13.0. The van der Waals surface area contributed by atoms with E-state index in [9.17, 15) is 9.59 Å². The highest BCUT2D eigenvalue weighted by atomic mass is 16.4. The molecular formula is C17H24N2O3. The molecule has 0 bridgehead atoms. The number of aliphatic carboxylic acids is 1. The summed E-state index contributed by atoms with van der Waals surface area (Å²) in [6, 6.07) is 10.1. The summed E-state index contributed by atoms with van der Waals surface area (Å²) in [5, 5.41) is 11.5. The normalized spacial score (nSPS) is 20.9. The van der Waals surface area contributed by atoms with Gasteiger partial charge in [0.2, 0.25) is 0 Å². The van der Waals surface area contributed by atoms with Crippen LogP contribution in [0.1, 0.15) is 38.2 Å². The topological polar surface area (TPSA) is 69.6 Å². The molecule has 1 fully saturated rings. The van der Waals surface area contributed by atoms with E-state index in [-0.39, 0.29) is 18.0 Å². The summed E-state index contributed by atoms with van der Waals surface area (Å²) in [5.74, 6) is -0.829. The summed E-state index contributed by atoms with van der Waals surface area (Å²) in [5.41, 5.74) is 1.06. The molecular weight excluding hydrogens is 280 g/mol. The van der Waals surface area contributed by atoms with E-state index in [0.717, 1.165) is 25.8 Å². The molecule has 2 rings (SSSR count). The van der Waals surface area contributed by atoms with Gasteiger partial charge in [0, 0.05) is 25.0 Å². The first-order valence-corrected chi connectivity index (χ1v) is 7.82. The number of likely N-dealkylation sites (tertiary alicyclic amines) is 1. The molecule has 0 radical (unpaired) electrons. The van der Waals surface area contributed by atoms with Crippen LogP contribution in [0, 0.1) is 0 Å². The van der Waals surface area contributed by atoms with E-state index in [1.54, 1.807) is 0 Å². The Morgan fingerprint density at radius 3 is 2.73 bits per heavy atom. The average molecular weight is 304 g/mol. The van der Waals surface area contributed by atoms with Gasteiger partial charge in [-0.3, -0.25) is 4.79 Å². The maximum atomic E-state index is 12.4. The van der Waals surface area contributed by atoms with Crippen LogP contribution in [0.2, 0.25) is 0 Å². The number of amides is 2. The molecule has 22 heavy (non-hydrogen) atoms. The third kappa shape index (κ3) is 4.23. The fourth-order valence-electron chi connectivity index (χ4n) is 3.12. The highest BCUT2D eigenvalue weighted by Gasteiger charge is 2.39. The Labute approximate surface area is 131 Å². The summed E-state index contributed by atoms with van der Waals surface area (Å²) < 4.78 is 0. The molecule has 1 heterocycles. The Morgan fingerprint density at radius 1 is 1.32 bits per heavy atom. The van der Waals surface area contributed by atoms with Crippen molar-refractivity contribution in [3.63, 3.8) is 0 Å².